The van der Waals surface area contributed by atoms with Gasteiger partial charge in [-0.2, -0.15) is 0 Å². The van der Waals surface area contributed by atoms with Crippen molar-refractivity contribution < 1.29 is 19.8 Å². The van der Waals surface area contributed by atoms with Gasteiger partial charge in [0.2, 0.25) is 0 Å². The fourth-order valence-electron chi connectivity index (χ4n) is 2.03. The second kappa shape index (κ2) is 6.70. The maximum Gasteiger partial charge on any atom is 0.144 e. The van der Waals surface area contributed by atoms with E-state index in [-0.39, 0.29) is 42.3 Å². The van der Waals surface area contributed by atoms with E-state index in [0.29, 0.717) is 0 Å². The van der Waals surface area contributed by atoms with Crippen LogP contribution in [0.3, 0.4) is 0 Å². The molecule has 0 aliphatic heterocycles. The summed E-state index contributed by atoms with van der Waals surface area (Å²) >= 11 is 0. The average Bonchev–Trinajstić information content (AvgIpc) is 2.44. The molecule has 0 saturated carbocycles. The second-order valence-electron chi connectivity index (χ2n) is 4.94. The molecule has 0 unspecified atom stereocenters. The molecule has 0 saturated heterocycles. The highest BCUT2D eigenvalue weighted by Crippen LogP contribution is 2.13. The van der Waals surface area contributed by atoms with E-state index < -0.39 is 0 Å². The van der Waals surface area contributed by atoms with Gasteiger partial charge in [-0.15, -0.1) is 0 Å². The minimum atomic E-state index is -0.149. The van der Waals surface area contributed by atoms with Crippen LogP contribution >= 0.6 is 0 Å². The minimum absolute atomic E-state index is 0.109. The van der Waals surface area contributed by atoms with Gasteiger partial charge in [-0.1, -0.05) is 24.3 Å². The number of rotatable bonds is 6. The number of aromatic hydroxyl groups is 2. The number of phenolic OH excluding ortho intramolecular Hbond substituents is 2. The molecule has 0 aromatic heterocycles. The summed E-state index contributed by atoms with van der Waals surface area (Å²) in [6.07, 6.45) is 0.255. The molecule has 0 aliphatic rings. The summed E-state index contributed by atoms with van der Waals surface area (Å²) in [5.74, 6) is -0.00172. The van der Waals surface area contributed by atoms with E-state index in [2.05, 4.69) is 0 Å². The second-order valence-corrected chi connectivity index (χ2v) is 4.94. The van der Waals surface area contributed by atoms with Gasteiger partial charge in [0.05, 0.1) is 6.42 Å². The molecule has 0 amide bonds. The first-order chi connectivity index (χ1) is 10.0. The number of hydrogen-bond acceptors (Lipinski definition) is 4. The molecule has 108 valence electrons. The lowest BCUT2D eigenvalue weighted by Crippen LogP contribution is -2.12. The average molecular weight is 284 g/mol. The number of Topliss-reactive ketones (excluding diaryl/α,β-unsaturated/α-hetero) is 2. The highest BCUT2D eigenvalue weighted by atomic mass is 16.3. The van der Waals surface area contributed by atoms with Crippen LogP contribution < -0.4 is 0 Å². The molecule has 0 heterocycles. The fraction of sp³-hybridized carbons (Fsp3) is 0.176. The van der Waals surface area contributed by atoms with Gasteiger partial charge in [0.1, 0.15) is 23.1 Å². The van der Waals surface area contributed by atoms with Gasteiger partial charge in [-0.05, 0) is 35.4 Å². The normalized spacial score (nSPS) is 10.3. The summed E-state index contributed by atoms with van der Waals surface area (Å²) in [6.45, 7) is 0. The molecular formula is C17H16O4. The summed E-state index contributed by atoms with van der Waals surface area (Å²) in [7, 11) is 0. The molecule has 0 aliphatic carbocycles. The summed E-state index contributed by atoms with van der Waals surface area (Å²) < 4.78 is 0. The number of carbonyl (C=O) groups excluding carboxylic acids is 2. The molecule has 2 aromatic carbocycles. The summed E-state index contributed by atoms with van der Waals surface area (Å²) in [6, 6.07) is 12.7. The van der Waals surface area contributed by atoms with E-state index in [9.17, 15) is 9.59 Å². The fourth-order valence-corrected chi connectivity index (χ4v) is 2.03. The molecule has 4 heteroatoms. The van der Waals surface area contributed by atoms with Gasteiger partial charge in [0.15, 0.2) is 0 Å². The predicted molar refractivity (Wildman–Crippen MR) is 78.3 cm³/mol. The lowest BCUT2D eigenvalue weighted by Gasteiger charge is -2.03. The van der Waals surface area contributed by atoms with Crippen LogP contribution in [0.5, 0.6) is 11.5 Å². The zero-order valence-corrected chi connectivity index (χ0v) is 11.5. The smallest absolute Gasteiger partial charge is 0.144 e. The number of hydrogen-bond donors (Lipinski definition) is 2. The van der Waals surface area contributed by atoms with E-state index in [0.717, 1.165) is 11.1 Å². The summed E-state index contributed by atoms with van der Waals surface area (Å²) in [5.41, 5.74) is 1.55. The topological polar surface area (TPSA) is 74.6 Å². The van der Waals surface area contributed by atoms with Crippen molar-refractivity contribution in [3.63, 3.8) is 0 Å². The molecule has 2 rings (SSSR count). The monoisotopic (exact) mass is 284 g/mol. The molecule has 4 nitrogen and oxygen atoms in total. The maximum absolute atomic E-state index is 11.8. The van der Waals surface area contributed by atoms with Crippen molar-refractivity contribution >= 4 is 11.6 Å². The van der Waals surface area contributed by atoms with Crippen LogP contribution in [-0.2, 0) is 22.4 Å². The Bertz CT molecular complexity index is 569. The van der Waals surface area contributed by atoms with Crippen LogP contribution in [0.25, 0.3) is 0 Å². The van der Waals surface area contributed by atoms with E-state index in [1.54, 1.807) is 24.3 Å². The van der Waals surface area contributed by atoms with Crippen LogP contribution in [0, 0.1) is 0 Å². The zero-order chi connectivity index (χ0) is 15.2. The molecule has 2 N–H and O–H groups in total. The first-order valence-corrected chi connectivity index (χ1v) is 6.62. The van der Waals surface area contributed by atoms with Crippen molar-refractivity contribution in [2.75, 3.05) is 0 Å². The molecule has 0 atom stereocenters. The molecule has 2 aromatic rings. The van der Waals surface area contributed by atoms with E-state index in [4.69, 9.17) is 10.2 Å². The SMILES string of the molecule is O=C(CC(=O)Cc1ccc(O)cc1)Cc1ccc(O)cc1. The quantitative estimate of drug-likeness (QED) is 0.799. The number of carbonyl (C=O) groups is 2. The minimum Gasteiger partial charge on any atom is -0.508 e. The van der Waals surface area contributed by atoms with E-state index in [1.807, 2.05) is 0 Å². The largest absolute Gasteiger partial charge is 0.508 e. The van der Waals surface area contributed by atoms with E-state index in [1.165, 1.54) is 24.3 Å². The first-order valence-electron chi connectivity index (χ1n) is 6.62. The molecular weight excluding hydrogens is 268 g/mol. The van der Waals surface area contributed by atoms with E-state index >= 15 is 0 Å². The Labute approximate surface area is 122 Å². The molecule has 21 heavy (non-hydrogen) atoms. The van der Waals surface area contributed by atoms with Crippen molar-refractivity contribution in [2.45, 2.75) is 19.3 Å². The van der Waals surface area contributed by atoms with Crippen molar-refractivity contribution in [3.8, 4) is 11.5 Å². The van der Waals surface area contributed by atoms with Crippen molar-refractivity contribution in [2.24, 2.45) is 0 Å². The highest BCUT2D eigenvalue weighted by Gasteiger charge is 2.11. The Balaban J connectivity index is 1.85. The van der Waals surface area contributed by atoms with Gasteiger partial charge in [0, 0.05) is 12.8 Å². The van der Waals surface area contributed by atoms with Crippen molar-refractivity contribution in [1.29, 1.82) is 0 Å². The lowest BCUT2D eigenvalue weighted by molar-refractivity contribution is -0.126. The molecule has 0 spiro atoms. The van der Waals surface area contributed by atoms with Gasteiger partial charge in [-0.25, -0.2) is 0 Å². The Kier molecular flexibility index (Phi) is 4.72. The van der Waals surface area contributed by atoms with Crippen molar-refractivity contribution in [3.05, 3.63) is 59.7 Å². The standard InChI is InChI=1S/C17H16O4/c18-14-5-1-12(2-6-14)9-16(20)11-17(21)10-13-3-7-15(19)8-4-13/h1-8,18-19H,9-11H2. The Hall–Kier alpha value is -2.62. The van der Waals surface area contributed by atoms with Crippen LogP contribution in [0.15, 0.2) is 48.5 Å². The summed E-state index contributed by atoms with van der Waals surface area (Å²) in [4.78, 5) is 23.7. The maximum atomic E-state index is 11.8. The van der Waals surface area contributed by atoms with Crippen LogP contribution in [0.2, 0.25) is 0 Å². The lowest BCUT2D eigenvalue weighted by atomic mass is 10.0. The Morgan fingerprint density at radius 3 is 1.33 bits per heavy atom. The molecule has 0 bridgehead atoms. The zero-order valence-electron chi connectivity index (χ0n) is 11.5. The van der Waals surface area contributed by atoms with Gasteiger partial charge < -0.3 is 10.2 Å². The highest BCUT2D eigenvalue weighted by molar-refractivity contribution is 6.00. The number of ketones is 2. The first kappa shape index (κ1) is 14.8. The third kappa shape index (κ3) is 4.76. The predicted octanol–water partition coefficient (Wildman–Crippen LogP) is 2.41. The van der Waals surface area contributed by atoms with Crippen LogP contribution in [0.1, 0.15) is 17.5 Å². The third-order valence-corrected chi connectivity index (χ3v) is 3.07. The Morgan fingerprint density at radius 1 is 0.667 bits per heavy atom. The number of phenols is 2. The van der Waals surface area contributed by atoms with Crippen LogP contribution in [-0.4, -0.2) is 21.8 Å². The van der Waals surface area contributed by atoms with Crippen LogP contribution in [0.4, 0.5) is 0 Å². The number of benzene rings is 2. The third-order valence-electron chi connectivity index (χ3n) is 3.07. The molecule has 0 radical (unpaired) electrons. The van der Waals surface area contributed by atoms with Gasteiger partial charge in [0.25, 0.3) is 0 Å². The van der Waals surface area contributed by atoms with Gasteiger partial charge in [-0.3, -0.25) is 9.59 Å². The Morgan fingerprint density at radius 2 is 1.00 bits per heavy atom. The van der Waals surface area contributed by atoms with Gasteiger partial charge >= 0.3 is 0 Å². The van der Waals surface area contributed by atoms with Crippen molar-refractivity contribution in [1.82, 2.24) is 0 Å². The molecule has 0 fully saturated rings. The summed E-state index contributed by atoms with van der Waals surface area (Å²) in [5, 5.41) is 18.3.